The number of aromatic nitrogens is 2. The van der Waals surface area contributed by atoms with Crippen molar-refractivity contribution in [2.45, 2.75) is 13.0 Å². The molecule has 0 aliphatic rings. The van der Waals surface area contributed by atoms with E-state index in [0.29, 0.717) is 16.5 Å². The molecule has 0 radical (unpaired) electrons. The van der Waals surface area contributed by atoms with Gasteiger partial charge in [-0.2, -0.15) is 0 Å². The van der Waals surface area contributed by atoms with Gasteiger partial charge in [0, 0.05) is 12.8 Å². The first-order chi connectivity index (χ1) is 7.31. The van der Waals surface area contributed by atoms with E-state index in [1.54, 1.807) is 0 Å². The van der Waals surface area contributed by atoms with Gasteiger partial charge in [0.15, 0.2) is 0 Å². The largest absolute Gasteiger partial charge is 0.298 e. The van der Waals surface area contributed by atoms with Crippen LogP contribution in [0.2, 0.25) is 5.15 Å². The molecule has 0 spiro atoms. The zero-order chi connectivity index (χ0) is 12.3. The average molecular weight is 377 g/mol. The summed E-state index contributed by atoms with van der Waals surface area (Å²) in [5.74, 6) is 0.0542. The van der Waals surface area contributed by atoms with E-state index in [-0.39, 0.29) is 16.5 Å². The van der Waals surface area contributed by atoms with Gasteiger partial charge in [-0.3, -0.25) is 9.36 Å². The number of nitrogens with zero attached hydrogens (tertiary/aromatic N) is 2. The Morgan fingerprint density at radius 2 is 2.19 bits per heavy atom. The van der Waals surface area contributed by atoms with Crippen molar-refractivity contribution in [3.8, 4) is 0 Å². The summed E-state index contributed by atoms with van der Waals surface area (Å²) in [4.78, 5) is 15.5. The van der Waals surface area contributed by atoms with Gasteiger partial charge >= 0.3 is 0 Å². The van der Waals surface area contributed by atoms with E-state index in [1.807, 2.05) is 22.6 Å². The fourth-order valence-corrected chi connectivity index (χ4v) is 2.33. The molecule has 1 rings (SSSR count). The zero-order valence-electron chi connectivity index (χ0n) is 8.48. The number of hydrogen-bond donors (Lipinski definition) is 0. The van der Waals surface area contributed by atoms with Crippen LogP contribution in [0.15, 0.2) is 11.1 Å². The Morgan fingerprint density at radius 1 is 1.56 bits per heavy atom. The van der Waals surface area contributed by atoms with Gasteiger partial charge < -0.3 is 0 Å². The van der Waals surface area contributed by atoms with Gasteiger partial charge in [-0.15, -0.1) is 0 Å². The minimum absolute atomic E-state index is 0.0542. The molecule has 0 saturated heterocycles. The SMILES string of the molecule is CS(=O)(=O)CCCn1cnc(Cl)c(I)c1=O. The van der Waals surface area contributed by atoms with Crippen LogP contribution < -0.4 is 5.56 Å². The third-order valence-electron chi connectivity index (χ3n) is 1.85. The van der Waals surface area contributed by atoms with Gasteiger partial charge in [0.05, 0.1) is 12.1 Å². The summed E-state index contributed by atoms with van der Waals surface area (Å²) in [5.41, 5.74) is -0.242. The molecule has 0 fully saturated rings. The van der Waals surface area contributed by atoms with Crippen molar-refractivity contribution in [2.75, 3.05) is 12.0 Å². The van der Waals surface area contributed by atoms with Crippen molar-refractivity contribution in [1.29, 1.82) is 0 Å². The second-order valence-electron chi connectivity index (χ2n) is 3.33. The Morgan fingerprint density at radius 3 is 2.75 bits per heavy atom. The van der Waals surface area contributed by atoms with Crippen LogP contribution in [0.4, 0.5) is 0 Å². The molecule has 0 N–H and O–H groups in total. The van der Waals surface area contributed by atoms with Crippen LogP contribution in [-0.2, 0) is 16.4 Å². The molecule has 16 heavy (non-hydrogen) atoms. The van der Waals surface area contributed by atoms with Gasteiger partial charge in [-0.25, -0.2) is 13.4 Å². The van der Waals surface area contributed by atoms with E-state index in [4.69, 9.17) is 11.6 Å². The normalized spacial score (nSPS) is 11.7. The minimum atomic E-state index is -2.99. The fourth-order valence-electron chi connectivity index (χ4n) is 1.10. The Kier molecular flexibility index (Phi) is 4.74. The minimum Gasteiger partial charge on any atom is -0.298 e. The van der Waals surface area contributed by atoms with Crippen molar-refractivity contribution in [1.82, 2.24) is 9.55 Å². The standard InChI is InChI=1S/C8H10ClIN2O3S/c1-16(14,15)4-2-3-12-5-11-7(9)6(10)8(12)13/h5H,2-4H2,1H3. The summed E-state index contributed by atoms with van der Waals surface area (Å²) >= 11 is 7.48. The van der Waals surface area contributed by atoms with Crippen LogP contribution in [-0.4, -0.2) is 30.0 Å². The topological polar surface area (TPSA) is 69.0 Å². The molecule has 1 aromatic rings. The van der Waals surface area contributed by atoms with E-state index in [2.05, 4.69) is 4.98 Å². The van der Waals surface area contributed by atoms with E-state index in [1.165, 1.54) is 17.2 Å². The van der Waals surface area contributed by atoms with E-state index >= 15 is 0 Å². The third kappa shape index (κ3) is 4.02. The maximum Gasteiger partial charge on any atom is 0.268 e. The van der Waals surface area contributed by atoms with Gasteiger partial charge in [-0.1, -0.05) is 11.6 Å². The molecule has 5 nitrogen and oxygen atoms in total. The van der Waals surface area contributed by atoms with Crippen molar-refractivity contribution < 1.29 is 8.42 Å². The molecular weight excluding hydrogens is 367 g/mol. The summed E-state index contributed by atoms with van der Waals surface area (Å²) in [6, 6.07) is 0. The Hall–Kier alpha value is -0.150. The lowest BCUT2D eigenvalue weighted by Gasteiger charge is -2.05. The number of sulfone groups is 1. The Balaban J connectivity index is 2.77. The van der Waals surface area contributed by atoms with Crippen molar-refractivity contribution in [2.24, 2.45) is 0 Å². The molecule has 0 unspecified atom stereocenters. The lowest BCUT2D eigenvalue weighted by Crippen LogP contribution is -2.24. The van der Waals surface area contributed by atoms with Gasteiger partial charge in [-0.05, 0) is 29.0 Å². The van der Waals surface area contributed by atoms with Crippen LogP contribution in [0.3, 0.4) is 0 Å². The van der Waals surface area contributed by atoms with E-state index < -0.39 is 9.84 Å². The molecule has 1 heterocycles. The van der Waals surface area contributed by atoms with Crippen LogP contribution in [0.5, 0.6) is 0 Å². The molecule has 0 aromatic carbocycles. The van der Waals surface area contributed by atoms with Gasteiger partial charge in [0.1, 0.15) is 18.6 Å². The quantitative estimate of drug-likeness (QED) is 0.579. The lowest BCUT2D eigenvalue weighted by molar-refractivity contribution is 0.586. The second kappa shape index (κ2) is 5.46. The van der Waals surface area contributed by atoms with Gasteiger partial charge in [0.25, 0.3) is 5.56 Å². The van der Waals surface area contributed by atoms with Crippen molar-refractivity contribution in [3.05, 3.63) is 25.4 Å². The van der Waals surface area contributed by atoms with Crippen LogP contribution in [0.25, 0.3) is 0 Å². The second-order valence-corrected chi connectivity index (χ2v) is 7.03. The van der Waals surface area contributed by atoms with E-state index in [9.17, 15) is 13.2 Å². The first-order valence-electron chi connectivity index (χ1n) is 4.39. The first-order valence-corrected chi connectivity index (χ1v) is 7.91. The Labute approximate surface area is 112 Å². The van der Waals surface area contributed by atoms with Crippen molar-refractivity contribution >= 4 is 44.0 Å². The maximum atomic E-state index is 11.6. The summed E-state index contributed by atoms with van der Waals surface area (Å²) < 4.78 is 23.5. The number of rotatable bonds is 4. The van der Waals surface area contributed by atoms with Crippen LogP contribution in [0.1, 0.15) is 6.42 Å². The molecule has 0 aliphatic heterocycles. The number of hydrogen-bond acceptors (Lipinski definition) is 4. The number of halogens is 2. The highest BCUT2D eigenvalue weighted by Gasteiger charge is 2.07. The molecule has 8 heteroatoms. The first kappa shape index (κ1) is 13.9. The highest BCUT2D eigenvalue weighted by molar-refractivity contribution is 14.1. The molecular formula is C8H10ClIN2O3S. The molecule has 0 amide bonds. The van der Waals surface area contributed by atoms with E-state index in [0.717, 1.165) is 0 Å². The lowest BCUT2D eigenvalue weighted by atomic mass is 10.4. The summed E-state index contributed by atoms with van der Waals surface area (Å²) in [7, 11) is -2.99. The molecule has 0 saturated carbocycles. The molecule has 0 aliphatic carbocycles. The highest BCUT2D eigenvalue weighted by Crippen LogP contribution is 2.09. The predicted molar refractivity (Wildman–Crippen MR) is 70.6 cm³/mol. The highest BCUT2D eigenvalue weighted by atomic mass is 127. The summed E-state index contributed by atoms with van der Waals surface area (Å²) in [6.45, 7) is 0.325. The fraction of sp³-hybridized carbons (Fsp3) is 0.500. The molecule has 0 bridgehead atoms. The van der Waals surface area contributed by atoms with Crippen molar-refractivity contribution in [3.63, 3.8) is 0 Å². The zero-order valence-corrected chi connectivity index (χ0v) is 12.2. The summed E-state index contributed by atoms with van der Waals surface area (Å²) in [5, 5.41) is 0.171. The molecule has 1 aromatic heterocycles. The monoisotopic (exact) mass is 376 g/mol. The average Bonchev–Trinajstić information content (AvgIpc) is 2.16. The Bertz CT molecular complexity index is 541. The van der Waals surface area contributed by atoms with Crippen LogP contribution in [0, 0.1) is 3.57 Å². The maximum absolute atomic E-state index is 11.6. The summed E-state index contributed by atoms with van der Waals surface area (Å²) in [6.07, 6.45) is 2.88. The molecule has 0 atom stereocenters. The molecule has 90 valence electrons. The number of aryl methyl sites for hydroxylation is 1. The van der Waals surface area contributed by atoms with Gasteiger partial charge in [0.2, 0.25) is 0 Å². The smallest absolute Gasteiger partial charge is 0.268 e. The van der Waals surface area contributed by atoms with Crippen LogP contribution >= 0.6 is 34.2 Å². The third-order valence-corrected chi connectivity index (χ3v) is 4.46. The predicted octanol–water partition coefficient (Wildman–Crippen LogP) is 0.936.